The minimum atomic E-state index is -0.573. The number of hydrogen-bond acceptors (Lipinski definition) is 3. The van der Waals surface area contributed by atoms with Crippen LogP contribution in [0.4, 0.5) is 0 Å². The van der Waals surface area contributed by atoms with Crippen molar-refractivity contribution in [2.45, 2.75) is 12.5 Å². The van der Waals surface area contributed by atoms with Crippen LogP contribution in [-0.2, 0) is 16.0 Å². The maximum Gasteiger partial charge on any atom is 0.322 e. The first kappa shape index (κ1) is 14.7. The first-order valence-corrected chi connectivity index (χ1v) is 5.30. The molecule has 84 valence electrons. The molecule has 0 aliphatic carbocycles. The van der Waals surface area contributed by atoms with Gasteiger partial charge >= 0.3 is 5.97 Å². The van der Waals surface area contributed by atoms with Crippen LogP contribution in [0.3, 0.4) is 0 Å². The van der Waals surface area contributed by atoms with Crippen LogP contribution in [-0.4, -0.2) is 19.1 Å². The van der Waals surface area contributed by atoms with Gasteiger partial charge in [0.25, 0.3) is 0 Å². The van der Waals surface area contributed by atoms with Crippen molar-refractivity contribution in [2.75, 3.05) is 7.11 Å². The maximum atomic E-state index is 11.1. The number of benzene rings is 1. The quantitative estimate of drug-likeness (QED) is 0.673. The van der Waals surface area contributed by atoms with Crippen LogP contribution in [0, 0.1) is 3.57 Å². The summed E-state index contributed by atoms with van der Waals surface area (Å²) in [6, 6.07) is 7.26. The molecule has 3 nitrogen and oxygen atoms in total. The molecule has 0 fully saturated rings. The number of nitrogens with two attached hydrogens (primary N) is 1. The monoisotopic (exact) mass is 341 g/mol. The summed E-state index contributed by atoms with van der Waals surface area (Å²) >= 11 is 2.22. The van der Waals surface area contributed by atoms with E-state index < -0.39 is 6.04 Å². The number of halogens is 2. The lowest BCUT2D eigenvalue weighted by Crippen LogP contribution is -2.33. The summed E-state index contributed by atoms with van der Waals surface area (Å²) in [6.07, 6.45) is 0.520. The standard InChI is InChI=1S/C10H12INO2.ClH/c1-14-10(13)9(12)6-7-4-2-3-5-8(7)11;/h2-5,9H,6,12H2,1H3;1H/t9-;/m0./s1. The van der Waals surface area contributed by atoms with E-state index in [1.165, 1.54) is 7.11 Å². The first-order valence-electron chi connectivity index (χ1n) is 4.22. The Balaban J connectivity index is 0.00000196. The van der Waals surface area contributed by atoms with Crippen molar-refractivity contribution in [1.29, 1.82) is 0 Å². The van der Waals surface area contributed by atoms with Crippen molar-refractivity contribution in [3.63, 3.8) is 0 Å². The third kappa shape index (κ3) is 4.36. The molecule has 2 N–H and O–H groups in total. The summed E-state index contributed by atoms with van der Waals surface area (Å²) in [5.74, 6) is -0.371. The lowest BCUT2D eigenvalue weighted by atomic mass is 10.1. The van der Waals surface area contributed by atoms with Gasteiger partial charge < -0.3 is 10.5 Å². The second kappa shape index (κ2) is 7.03. The molecule has 0 saturated carbocycles. The zero-order valence-electron chi connectivity index (χ0n) is 8.27. The second-order valence-electron chi connectivity index (χ2n) is 2.93. The molecule has 0 radical (unpaired) electrons. The molecule has 0 heterocycles. The van der Waals surface area contributed by atoms with E-state index >= 15 is 0 Å². The van der Waals surface area contributed by atoms with Crippen LogP contribution >= 0.6 is 35.0 Å². The lowest BCUT2D eigenvalue weighted by molar-refractivity contribution is -0.142. The van der Waals surface area contributed by atoms with Gasteiger partial charge in [-0.05, 0) is 40.6 Å². The van der Waals surface area contributed by atoms with Crippen LogP contribution in [0.25, 0.3) is 0 Å². The Morgan fingerprint density at radius 1 is 1.53 bits per heavy atom. The molecule has 1 aromatic carbocycles. The van der Waals surface area contributed by atoms with Gasteiger partial charge in [0.2, 0.25) is 0 Å². The highest BCUT2D eigenvalue weighted by Crippen LogP contribution is 2.13. The molecule has 0 aliphatic rings. The average molecular weight is 342 g/mol. The molecule has 0 spiro atoms. The van der Waals surface area contributed by atoms with E-state index in [0.29, 0.717) is 6.42 Å². The van der Waals surface area contributed by atoms with Crippen LogP contribution < -0.4 is 5.73 Å². The zero-order valence-corrected chi connectivity index (χ0v) is 11.2. The van der Waals surface area contributed by atoms with E-state index in [9.17, 15) is 4.79 Å². The highest BCUT2D eigenvalue weighted by atomic mass is 127. The van der Waals surface area contributed by atoms with Gasteiger partial charge in [0.05, 0.1) is 7.11 Å². The Morgan fingerprint density at radius 3 is 2.67 bits per heavy atom. The lowest BCUT2D eigenvalue weighted by Gasteiger charge is -2.10. The van der Waals surface area contributed by atoms with Crippen molar-refractivity contribution in [1.82, 2.24) is 0 Å². The van der Waals surface area contributed by atoms with Gasteiger partial charge in [-0.3, -0.25) is 4.79 Å². The largest absolute Gasteiger partial charge is 0.468 e. The normalized spacial score (nSPS) is 11.4. The molecule has 0 aliphatic heterocycles. The fraction of sp³-hybridized carbons (Fsp3) is 0.300. The van der Waals surface area contributed by atoms with Gasteiger partial charge in [0.15, 0.2) is 0 Å². The van der Waals surface area contributed by atoms with Crippen LogP contribution in [0.5, 0.6) is 0 Å². The van der Waals surface area contributed by atoms with E-state index in [0.717, 1.165) is 9.13 Å². The minimum Gasteiger partial charge on any atom is -0.468 e. The van der Waals surface area contributed by atoms with E-state index in [1.807, 2.05) is 24.3 Å². The Kier molecular flexibility index (Phi) is 6.87. The maximum absolute atomic E-state index is 11.1. The van der Waals surface area contributed by atoms with Gasteiger partial charge in [-0.1, -0.05) is 18.2 Å². The molecule has 0 saturated heterocycles. The van der Waals surface area contributed by atoms with Crippen molar-refractivity contribution in [3.8, 4) is 0 Å². The Morgan fingerprint density at radius 2 is 2.13 bits per heavy atom. The van der Waals surface area contributed by atoms with Crippen molar-refractivity contribution in [2.24, 2.45) is 5.73 Å². The summed E-state index contributed by atoms with van der Waals surface area (Å²) in [5, 5.41) is 0. The van der Waals surface area contributed by atoms with Crippen molar-refractivity contribution < 1.29 is 9.53 Å². The smallest absolute Gasteiger partial charge is 0.322 e. The number of carbonyl (C=O) groups is 1. The van der Waals surface area contributed by atoms with E-state index in [2.05, 4.69) is 27.3 Å². The summed E-state index contributed by atoms with van der Waals surface area (Å²) in [5.41, 5.74) is 6.73. The molecular weight excluding hydrogens is 328 g/mol. The number of esters is 1. The predicted octanol–water partition coefficient (Wildman–Crippen LogP) is 1.76. The molecule has 5 heteroatoms. The molecule has 1 aromatic rings. The van der Waals surface area contributed by atoms with Crippen molar-refractivity contribution in [3.05, 3.63) is 33.4 Å². The summed E-state index contributed by atoms with van der Waals surface area (Å²) in [7, 11) is 1.35. The van der Waals surface area contributed by atoms with E-state index in [4.69, 9.17) is 5.73 Å². The topological polar surface area (TPSA) is 52.3 Å². The van der Waals surface area contributed by atoms with Crippen LogP contribution in [0.15, 0.2) is 24.3 Å². The van der Waals surface area contributed by atoms with Gasteiger partial charge in [-0.2, -0.15) is 0 Å². The van der Waals surface area contributed by atoms with Crippen LogP contribution in [0.1, 0.15) is 5.56 Å². The predicted molar refractivity (Wildman–Crippen MR) is 70.1 cm³/mol. The fourth-order valence-electron chi connectivity index (χ4n) is 1.14. The number of hydrogen-bond donors (Lipinski definition) is 1. The fourth-order valence-corrected chi connectivity index (χ4v) is 1.74. The SMILES string of the molecule is COC(=O)[C@@H](N)Cc1ccccc1I.Cl. The Bertz CT molecular complexity index is 333. The highest BCUT2D eigenvalue weighted by molar-refractivity contribution is 14.1. The summed E-state index contributed by atoms with van der Waals surface area (Å²) in [6.45, 7) is 0. The van der Waals surface area contributed by atoms with E-state index in [1.54, 1.807) is 0 Å². The van der Waals surface area contributed by atoms with Gasteiger partial charge in [-0.25, -0.2) is 0 Å². The minimum absolute atomic E-state index is 0. The number of carbonyl (C=O) groups excluding carboxylic acids is 1. The van der Waals surface area contributed by atoms with Crippen molar-refractivity contribution >= 4 is 41.0 Å². The summed E-state index contributed by atoms with van der Waals surface area (Å²) in [4.78, 5) is 11.1. The number of ether oxygens (including phenoxy) is 1. The third-order valence-electron chi connectivity index (χ3n) is 1.90. The second-order valence-corrected chi connectivity index (χ2v) is 4.09. The Hall–Kier alpha value is -0.330. The molecule has 1 rings (SSSR count). The zero-order chi connectivity index (χ0) is 10.6. The molecular formula is C10H13ClINO2. The van der Waals surface area contributed by atoms with Gasteiger partial charge in [0.1, 0.15) is 6.04 Å². The molecule has 1 atom stereocenters. The highest BCUT2D eigenvalue weighted by Gasteiger charge is 2.14. The third-order valence-corrected chi connectivity index (χ3v) is 2.95. The molecule has 0 aromatic heterocycles. The summed E-state index contributed by atoms with van der Waals surface area (Å²) < 4.78 is 5.67. The molecule has 0 bridgehead atoms. The number of methoxy groups -OCH3 is 1. The van der Waals surface area contributed by atoms with E-state index in [-0.39, 0.29) is 18.4 Å². The first-order chi connectivity index (χ1) is 6.65. The van der Waals surface area contributed by atoms with Crippen LogP contribution in [0.2, 0.25) is 0 Å². The average Bonchev–Trinajstić information content (AvgIpc) is 2.20. The molecule has 0 amide bonds. The van der Waals surface area contributed by atoms with Gasteiger partial charge in [-0.15, -0.1) is 12.4 Å². The van der Waals surface area contributed by atoms with Gasteiger partial charge in [0, 0.05) is 3.57 Å². The molecule has 0 unspecified atom stereocenters. The number of rotatable bonds is 3. The molecule has 15 heavy (non-hydrogen) atoms. The Labute approximate surface area is 109 Å².